The molecule has 0 unspecified atom stereocenters. The zero-order valence-corrected chi connectivity index (χ0v) is 10.7. The zero-order valence-electron chi connectivity index (χ0n) is 10.7. The van der Waals surface area contributed by atoms with Crippen LogP contribution in [0.2, 0.25) is 0 Å². The predicted octanol–water partition coefficient (Wildman–Crippen LogP) is 2.84. The minimum atomic E-state index is 0.0372. The number of hydrogen-bond acceptors (Lipinski definition) is 4. The Morgan fingerprint density at radius 3 is 2.75 bits per heavy atom. The maximum atomic E-state index is 10.1. The molecule has 5 nitrogen and oxygen atoms in total. The van der Waals surface area contributed by atoms with E-state index in [-0.39, 0.29) is 11.5 Å². The van der Waals surface area contributed by atoms with Gasteiger partial charge in [0, 0.05) is 18.3 Å². The second-order valence-electron chi connectivity index (χ2n) is 5.10. The number of imidazole rings is 1. The van der Waals surface area contributed by atoms with Gasteiger partial charge in [0.15, 0.2) is 0 Å². The standard InChI is InChI=1S/C15H13N3O2/c19-10-3-4-11(14(20)7-10)15-17-12-8-16-6-5-13(12)18(15)9-1-2-9/h3-9,19-20H,1-2H2. The SMILES string of the molecule is Oc1ccc(-c2nc3cnccc3n2C2CC2)c(O)c1. The van der Waals surface area contributed by atoms with E-state index in [4.69, 9.17) is 0 Å². The Bertz CT molecular complexity index is 806. The van der Waals surface area contributed by atoms with Crippen LogP contribution in [0.1, 0.15) is 18.9 Å². The van der Waals surface area contributed by atoms with E-state index in [1.165, 1.54) is 6.07 Å². The van der Waals surface area contributed by atoms with Crippen LogP contribution in [0.25, 0.3) is 22.4 Å². The van der Waals surface area contributed by atoms with Crippen LogP contribution in [-0.2, 0) is 0 Å². The molecule has 1 aliphatic rings. The summed E-state index contributed by atoms with van der Waals surface area (Å²) in [5.74, 6) is 0.810. The number of nitrogens with zero attached hydrogens (tertiary/aromatic N) is 3. The number of benzene rings is 1. The molecule has 100 valence electrons. The molecule has 0 bridgehead atoms. The lowest BCUT2D eigenvalue weighted by molar-refractivity contribution is 0.451. The van der Waals surface area contributed by atoms with Gasteiger partial charge >= 0.3 is 0 Å². The monoisotopic (exact) mass is 267 g/mol. The van der Waals surface area contributed by atoms with Crippen molar-refractivity contribution >= 4 is 11.0 Å². The molecule has 4 rings (SSSR count). The Balaban J connectivity index is 2.01. The smallest absolute Gasteiger partial charge is 0.145 e. The van der Waals surface area contributed by atoms with Gasteiger partial charge < -0.3 is 14.8 Å². The molecule has 2 aromatic heterocycles. The average molecular weight is 267 g/mol. The van der Waals surface area contributed by atoms with Crippen molar-refractivity contribution in [3.05, 3.63) is 36.7 Å². The molecule has 0 amide bonds. The maximum absolute atomic E-state index is 10.1. The molecule has 5 heteroatoms. The lowest BCUT2D eigenvalue weighted by Gasteiger charge is -2.09. The van der Waals surface area contributed by atoms with Crippen LogP contribution in [0.15, 0.2) is 36.7 Å². The molecular formula is C15H13N3O2. The van der Waals surface area contributed by atoms with E-state index >= 15 is 0 Å². The summed E-state index contributed by atoms with van der Waals surface area (Å²) >= 11 is 0. The molecule has 0 spiro atoms. The Kier molecular flexibility index (Phi) is 2.24. The van der Waals surface area contributed by atoms with Crippen molar-refractivity contribution in [1.29, 1.82) is 0 Å². The van der Waals surface area contributed by atoms with Crippen LogP contribution in [-0.4, -0.2) is 24.7 Å². The van der Waals surface area contributed by atoms with Gasteiger partial charge in [0.25, 0.3) is 0 Å². The average Bonchev–Trinajstić information content (AvgIpc) is 3.19. The highest BCUT2D eigenvalue weighted by molar-refractivity contribution is 5.81. The van der Waals surface area contributed by atoms with Crippen molar-refractivity contribution < 1.29 is 10.2 Å². The van der Waals surface area contributed by atoms with Crippen molar-refractivity contribution in [2.45, 2.75) is 18.9 Å². The molecule has 0 radical (unpaired) electrons. The maximum Gasteiger partial charge on any atom is 0.145 e. The van der Waals surface area contributed by atoms with Gasteiger partial charge in [-0.1, -0.05) is 0 Å². The Hall–Kier alpha value is -2.56. The second-order valence-corrected chi connectivity index (χ2v) is 5.10. The summed E-state index contributed by atoms with van der Waals surface area (Å²) in [4.78, 5) is 8.69. The van der Waals surface area contributed by atoms with Crippen LogP contribution < -0.4 is 0 Å². The summed E-state index contributed by atoms with van der Waals surface area (Å²) in [6.07, 6.45) is 5.73. The number of phenolic OH excluding ortho intramolecular Hbond substituents is 2. The predicted molar refractivity (Wildman–Crippen MR) is 74.6 cm³/mol. The highest BCUT2D eigenvalue weighted by atomic mass is 16.3. The first-order chi connectivity index (χ1) is 9.74. The van der Waals surface area contributed by atoms with Gasteiger partial charge in [0.2, 0.25) is 0 Å². The van der Waals surface area contributed by atoms with E-state index in [1.807, 2.05) is 6.07 Å². The summed E-state index contributed by atoms with van der Waals surface area (Å²) in [5, 5.41) is 19.5. The van der Waals surface area contributed by atoms with Crippen LogP contribution in [0, 0.1) is 0 Å². The highest BCUT2D eigenvalue weighted by Crippen LogP contribution is 2.43. The highest BCUT2D eigenvalue weighted by Gasteiger charge is 2.29. The summed E-state index contributed by atoms with van der Waals surface area (Å²) in [5.41, 5.74) is 2.48. The molecule has 0 saturated heterocycles. The second kappa shape index (κ2) is 3.96. The minimum absolute atomic E-state index is 0.0372. The molecule has 0 aliphatic heterocycles. The third kappa shape index (κ3) is 1.63. The van der Waals surface area contributed by atoms with Crippen molar-refractivity contribution in [2.75, 3.05) is 0 Å². The number of aromatic nitrogens is 3. The molecule has 1 aromatic carbocycles. The van der Waals surface area contributed by atoms with Gasteiger partial charge in [-0.25, -0.2) is 4.98 Å². The third-order valence-corrected chi connectivity index (χ3v) is 3.63. The molecule has 0 atom stereocenters. The fourth-order valence-electron chi connectivity index (χ4n) is 2.55. The van der Waals surface area contributed by atoms with Crippen molar-refractivity contribution in [2.24, 2.45) is 0 Å². The van der Waals surface area contributed by atoms with Gasteiger partial charge in [-0.3, -0.25) is 4.98 Å². The lowest BCUT2D eigenvalue weighted by atomic mass is 10.2. The number of rotatable bonds is 2. The van der Waals surface area contributed by atoms with E-state index in [0.29, 0.717) is 11.6 Å². The number of fused-ring (bicyclic) bond motifs is 1. The molecule has 3 aromatic rings. The third-order valence-electron chi connectivity index (χ3n) is 3.63. The summed E-state index contributed by atoms with van der Waals surface area (Å²) in [7, 11) is 0. The van der Waals surface area contributed by atoms with Crippen LogP contribution in [0.3, 0.4) is 0 Å². The quantitative estimate of drug-likeness (QED) is 0.749. The Morgan fingerprint density at radius 1 is 1.15 bits per heavy atom. The first kappa shape index (κ1) is 11.3. The van der Waals surface area contributed by atoms with E-state index < -0.39 is 0 Å². The largest absolute Gasteiger partial charge is 0.508 e. The minimum Gasteiger partial charge on any atom is -0.508 e. The fraction of sp³-hybridized carbons (Fsp3) is 0.200. The number of hydrogen-bond donors (Lipinski definition) is 2. The van der Waals surface area contributed by atoms with E-state index in [2.05, 4.69) is 14.5 Å². The Morgan fingerprint density at radius 2 is 2.00 bits per heavy atom. The van der Waals surface area contributed by atoms with Crippen molar-refractivity contribution in [3.8, 4) is 22.9 Å². The Labute approximate surface area is 115 Å². The van der Waals surface area contributed by atoms with Gasteiger partial charge in [-0.15, -0.1) is 0 Å². The number of aromatic hydroxyl groups is 2. The van der Waals surface area contributed by atoms with E-state index in [1.54, 1.807) is 24.5 Å². The molecule has 2 heterocycles. The summed E-state index contributed by atoms with van der Waals surface area (Å²) in [6, 6.07) is 6.97. The van der Waals surface area contributed by atoms with Crippen LogP contribution in [0.4, 0.5) is 0 Å². The fourth-order valence-corrected chi connectivity index (χ4v) is 2.55. The summed E-state index contributed by atoms with van der Waals surface area (Å²) < 4.78 is 2.16. The molecule has 20 heavy (non-hydrogen) atoms. The topological polar surface area (TPSA) is 71.2 Å². The van der Waals surface area contributed by atoms with Crippen molar-refractivity contribution in [1.82, 2.24) is 14.5 Å². The molecule has 1 saturated carbocycles. The van der Waals surface area contributed by atoms with Gasteiger partial charge in [-0.05, 0) is 31.0 Å². The van der Waals surface area contributed by atoms with Gasteiger partial charge in [-0.2, -0.15) is 0 Å². The molecule has 1 aliphatic carbocycles. The van der Waals surface area contributed by atoms with E-state index in [9.17, 15) is 10.2 Å². The van der Waals surface area contributed by atoms with Crippen LogP contribution >= 0.6 is 0 Å². The van der Waals surface area contributed by atoms with Crippen molar-refractivity contribution in [3.63, 3.8) is 0 Å². The first-order valence-corrected chi connectivity index (χ1v) is 6.58. The van der Waals surface area contributed by atoms with Gasteiger partial charge in [0.05, 0.1) is 17.3 Å². The van der Waals surface area contributed by atoms with E-state index in [0.717, 1.165) is 29.7 Å². The molecule has 1 fully saturated rings. The molecule has 2 N–H and O–H groups in total. The zero-order chi connectivity index (χ0) is 13.7. The normalized spacial score (nSPS) is 14.8. The van der Waals surface area contributed by atoms with Crippen LogP contribution in [0.5, 0.6) is 11.5 Å². The first-order valence-electron chi connectivity index (χ1n) is 6.58. The lowest BCUT2D eigenvalue weighted by Crippen LogP contribution is -1.97. The summed E-state index contributed by atoms with van der Waals surface area (Å²) in [6.45, 7) is 0. The number of pyridine rings is 1. The number of phenols is 2. The van der Waals surface area contributed by atoms with Gasteiger partial charge in [0.1, 0.15) is 22.8 Å². The molecular weight excluding hydrogens is 254 g/mol.